The summed E-state index contributed by atoms with van der Waals surface area (Å²) in [6.07, 6.45) is 7.37. The molecular formula is C19H22N2O. The van der Waals surface area contributed by atoms with E-state index < -0.39 is 0 Å². The van der Waals surface area contributed by atoms with Gasteiger partial charge in [-0.2, -0.15) is 0 Å². The van der Waals surface area contributed by atoms with E-state index in [-0.39, 0.29) is 5.91 Å². The van der Waals surface area contributed by atoms with Gasteiger partial charge in [0.2, 0.25) is 0 Å². The number of amides is 1. The van der Waals surface area contributed by atoms with E-state index in [1.54, 1.807) is 0 Å². The highest BCUT2D eigenvalue weighted by Crippen LogP contribution is 2.52. The van der Waals surface area contributed by atoms with Crippen molar-refractivity contribution in [1.82, 2.24) is 9.47 Å². The van der Waals surface area contributed by atoms with Crippen molar-refractivity contribution in [1.29, 1.82) is 0 Å². The number of aromatic nitrogens is 1. The van der Waals surface area contributed by atoms with Crippen molar-refractivity contribution < 1.29 is 4.79 Å². The fraction of sp³-hybridized carbons (Fsp3) is 0.526. The maximum atomic E-state index is 13.2. The van der Waals surface area contributed by atoms with Gasteiger partial charge in [-0.15, -0.1) is 0 Å². The summed E-state index contributed by atoms with van der Waals surface area (Å²) in [6, 6.07) is 8.76. The molecule has 4 aliphatic rings. The van der Waals surface area contributed by atoms with Crippen LogP contribution in [0.15, 0.2) is 30.5 Å². The summed E-state index contributed by atoms with van der Waals surface area (Å²) in [7, 11) is 2.03. The summed E-state index contributed by atoms with van der Waals surface area (Å²) in [5, 5.41) is 1.10. The third-order valence-corrected chi connectivity index (χ3v) is 6.44. The zero-order valence-corrected chi connectivity index (χ0v) is 13.0. The number of nitrogens with zero attached hydrogens (tertiary/aromatic N) is 2. The average molecular weight is 294 g/mol. The first-order valence-corrected chi connectivity index (χ1v) is 8.57. The largest absolute Gasteiger partial charge is 0.350 e. The van der Waals surface area contributed by atoms with Crippen LogP contribution in [0.1, 0.15) is 36.0 Å². The number of likely N-dealkylation sites (tertiary alicyclic amines) is 1. The molecule has 6 rings (SSSR count). The van der Waals surface area contributed by atoms with Crippen LogP contribution in [0.4, 0.5) is 0 Å². The van der Waals surface area contributed by atoms with E-state index in [1.165, 1.54) is 25.7 Å². The van der Waals surface area contributed by atoms with Gasteiger partial charge in [0, 0.05) is 36.7 Å². The highest BCUT2D eigenvalue weighted by Gasteiger charge is 2.51. The highest BCUT2D eigenvalue weighted by molar-refractivity contribution is 6.07. The smallest absolute Gasteiger partial charge is 0.256 e. The lowest BCUT2D eigenvalue weighted by Crippen LogP contribution is -2.42. The van der Waals surface area contributed by atoms with Crippen molar-refractivity contribution in [2.75, 3.05) is 6.54 Å². The van der Waals surface area contributed by atoms with Gasteiger partial charge in [0.1, 0.15) is 0 Å². The van der Waals surface area contributed by atoms with Gasteiger partial charge in [-0.25, -0.2) is 0 Å². The Hall–Kier alpha value is -1.77. The summed E-state index contributed by atoms with van der Waals surface area (Å²) < 4.78 is 2.08. The molecule has 1 saturated heterocycles. The molecule has 1 unspecified atom stereocenters. The van der Waals surface area contributed by atoms with Crippen LogP contribution >= 0.6 is 0 Å². The molecule has 0 radical (unpaired) electrons. The van der Waals surface area contributed by atoms with Crippen LogP contribution in [0.25, 0.3) is 10.9 Å². The molecule has 2 heterocycles. The van der Waals surface area contributed by atoms with Crippen LogP contribution in [0.5, 0.6) is 0 Å². The van der Waals surface area contributed by atoms with E-state index in [4.69, 9.17) is 0 Å². The zero-order valence-electron chi connectivity index (χ0n) is 13.0. The second kappa shape index (κ2) is 4.37. The minimum Gasteiger partial charge on any atom is -0.350 e. The number of hydrogen-bond acceptors (Lipinski definition) is 1. The number of para-hydroxylation sites is 1. The van der Waals surface area contributed by atoms with Crippen LogP contribution in [0.2, 0.25) is 0 Å². The number of carbonyl (C=O) groups excluding carboxylic acids is 1. The second-order valence-electron chi connectivity index (χ2n) is 7.53. The average Bonchev–Trinajstić information content (AvgIpc) is 3.03. The Morgan fingerprint density at radius 2 is 2.05 bits per heavy atom. The number of rotatable bonds is 1. The van der Waals surface area contributed by atoms with Gasteiger partial charge in [-0.1, -0.05) is 24.6 Å². The van der Waals surface area contributed by atoms with Crippen molar-refractivity contribution in [3.8, 4) is 0 Å². The van der Waals surface area contributed by atoms with Crippen molar-refractivity contribution in [2.45, 2.75) is 31.7 Å². The van der Waals surface area contributed by atoms with Crippen LogP contribution < -0.4 is 0 Å². The first kappa shape index (κ1) is 12.7. The Morgan fingerprint density at radius 3 is 2.86 bits per heavy atom. The summed E-state index contributed by atoms with van der Waals surface area (Å²) in [5.41, 5.74) is 2.04. The van der Waals surface area contributed by atoms with Gasteiger partial charge in [0.05, 0.1) is 5.56 Å². The topological polar surface area (TPSA) is 25.2 Å². The van der Waals surface area contributed by atoms with Crippen molar-refractivity contribution >= 4 is 16.8 Å². The van der Waals surface area contributed by atoms with Gasteiger partial charge in [0.25, 0.3) is 5.91 Å². The Labute approximate surface area is 130 Å². The Kier molecular flexibility index (Phi) is 2.53. The summed E-state index contributed by atoms with van der Waals surface area (Å²) in [6.45, 7) is 0.994. The summed E-state index contributed by atoms with van der Waals surface area (Å²) in [4.78, 5) is 15.4. The molecule has 1 aromatic heterocycles. The summed E-state index contributed by atoms with van der Waals surface area (Å²) in [5.74, 6) is 2.70. The van der Waals surface area contributed by atoms with E-state index in [1.807, 2.05) is 25.4 Å². The lowest BCUT2D eigenvalue weighted by molar-refractivity contribution is 0.0611. The molecule has 4 atom stereocenters. The van der Waals surface area contributed by atoms with Crippen LogP contribution in [0, 0.1) is 17.8 Å². The number of carbonyl (C=O) groups is 1. The Bertz CT molecular complexity index is 762. The molecule has 3 saturated carbocycles. The molecule has 4 fully saturated rings. The van der Waals surface area contributed by atoms with E-state index in [9.17, 15) is 4.79 Å². The van der Waals surface area contributed by atoms with E-state index in [0.29, 0.717) is 6.04 Å². The molecule has 0 N–H and O–H groups in total. The first-order valence-electron chi connectivity index (χ1n) is 8.57. The number of aryl methyl sites for hydroxylation is 1. The predicted molar refractivity (Wildman–Crippen MR) is 86.7 cm³/mol. The third-order valence-electron chi connectivity index (χ3n) is 6.44. The number of benzene rings is 1. The van der Waals surface area contributed by atoms with Crippen LogP contribution in [-0.4, -0.2) is 28.0 Å². The maximum absolute atomic E-state index is 13.2. The SMILES string of the molecule is Cn1cc(C(=O)N2C[C@@H]3C[C@H]4CCC3[C@@H]2C4)c2ccccc21. The van der Waals surface area contributed by atoms with Crippen LogP contribution in [-0.2, 0) is 7.05 Å². The highest BCUT2D eigenvalue weighted by atomic mass is 16.2. The molecule has 3 nitrogen and oxygen atoms in total. The monoisotopic (exact) mass is 294 g/mol. The summed E-state index contributed by atoms with van der Waals surface area (Å²) >= 11 is 0. The Morgan fingerprint density at radius 1 is 1.18 bits per heavy atom. The molecule has 2 aromatic rings. The van der Waals surface area contributed by atoms with Gasteiger partial charge in [-0.05, 0) is 43.1 Å². The van der Waals surface area contributed by atoms with Crippen molar-refractivity contribution in [2.24, 2.45) is 24.8 Å². The van der Waals surface area contributed by atoms with Crippen molar-refractivity contribution in [3.63, 3.8) is 0 Å². The van der Waals surface area contributed by atoms with Gasteiger partial charge in [-0.3, -0.25) is 4.79 Å². The normalized spacial score (nSPS) is 32.9. The maximum Gasteiger partial charge on any atom is 0.256 e. The lowest BCUT2D eigenvalue weighted by Gasteiger charge is -2.42. The molecule has 1 amide bonds. The van der Waals surface area contributed by atoms with E-state index in [0.717, 1.165) is 40.8 Å². The van der Waals surface area contributed by atoms with Crippen molar-refractivity contribution in [3.05, 3.63) is 36.0 Å². The molecule has 0 spiro atoms. The van der Waals surface area contributed by atoms with Gasteiger partial charge in [0.15, 0.2) is 0 Å². The third kappa shape index (κ3) is 1.60. The molecule has 1 aromatic carbocycles. The molecule has 114 valence electrons. The molecular weight excluding hydrogens is 272 g/mol. The molecule has 4 bridgehead atoms. The predicted octanol–water partition coefficient (Wildman–Crippen LogP) is 3.44. The standard InChI is InChI=1S/C19H22N2O/c1-20-11-16(15-4-2-3-5-17(15)20)19(22)21-10-13-8-12-6-7-14(13)18(21)9-12/h2-5,11-14,18H,6-10H2,1H3/t12-,13+,14?,18+/m1/s1. The fourth-order valence-corrected chi connectivity index (χ4v) is 5.48. The van der Waals surface area contributed by atoms with Gasteiger partial charge < -0.3 is 9.47 Å². The van der Waals surface area contributed by atoms with E-state index >= 15 is 0 Å². The molecule has 3 aliphatic carbocycles. The minimum absolute atomic E-state index is 0.261. The van der Waals surface area contributed by atoms with Crippen LogP contribution in [0.3, 0.4) is 0 Å². The Balaban J connectivity index is 1.54. The molecule has 1 aliphatic heterocycles. The molecule has 3 heteroatoms. The van der Waals surface area contributed by atoms with Gasteiger partial charge >= 0.3 is 0 Å². The van der Waals surface area contributed by atoms with E-state index in [2.05, 4.69) is 21.6 Å². The molecule has 22 heavy (non-hydrogen) atoms. The fourth-order valence-electron chi connectivity index (χ4n) is 5.48. The number of hydrogen-bond donors (Lipinski definition) is 0. The second-order valence-corrected chi connectivity index (χ2v) is 7.53. The zero-order chi connectivity index (χ0) is 14.8. The lowest BCUT2D eigenvalue weighted by atomic mass is 9.65. The minimum atomic E-state index is 0.261. The quantitative estimate of drug-likeness (QED) is 0.791. The first-order chi connectivity index (χ1) is 10.7. The number of fused-ring (bicyclic) bond motifs is 2.